The Morgan fingerprint density at radius 2 is 2.27 bits per heavy atom. The zero-order valence-corrected chi connectivity index (χ0v) is 7.95. The molecular weight excluding hydrogens is 196 g/mol. The largest absolute Gasteiger partial charge is 0.476 e. The molecule has 0 saturated heterocycles. The molecule has 2 aromatic rings. The van der Waals surface area contributed by atoms with Gasteiger partial charge in [-0.15, -0.1) is 5.10 Å². The van der Waals surface area contributed by atoms with Gasteiger partial charge in [0.05, 0.1) is 0 Å². The molecular formula is C9H8N4O2. The first kappa shape index (κ1) is 9.32. The lowest BCUT2D eigenvalue weighted by atomic mass is 10.2. The molecule has 0 fully saturated rings. The van der Waals surface area contributed by atoms with Crippen LogP contribution in [0.15, 0.2) is 24.5 Å². The predicted octanol–water partition coefficient (Wildman–Crippen LogP) is 0.575. The Hall–Kier alpha value is -2.24. The minimum Gasteiger partial charge on any atom is -0.476 e. The van der Waals surface area contributed by atoms with Gasteiger partial charge >= 0.3 is 5.97 Å². The van der Waals surface area contributed by atoms with Crippen LogP contribution in [0, 0.1) is 0 Å². The maximum atomic E-state index is 10.9. The highest BCUT2D eigenvalue weighted by Gasteiger charge is 2.17. The average Bonchev–Trinajstić information content (AvgIpc) is 2.62. The molecule has 0 unspecified atom stereocenters. The van der Waals surface area contributed by atoms with Crippen molar-refractivity contribution in [1.82, 2.24) is 20.0 Å². The molecule has 0 saturated carbocycles. The summed E-state index contributed by atoms with van der Waals surface area (Å²) in [5, 5.41) is 16.7. The third-order valence-corrected chi connectivity index (χ3v) is 1.85. The summed E-state index contributed by atoms with van der Waals surface area (Å²) in [4.78, 5) is 16.0. The highest BCUT2D eigenvalue weighted by molar-refractivity contribution is 5.92. The number of rotatable bonds is 2. The number of carboxylic acids is 1. The standard InChI is InChI=1S/C9H8N4O2/c1-13-11-7(8(12-13)9(14)15)6-3-2-4-10-5-6/h2-5H,1H3,(H,14,15). The van der Waals surface area contributed by atoms with Crippen molar-refractivity contribution >= 4 is 5.97 Å². The van der Waals surface area contributed by atoms with Crippen LogP contribution in [0.2, 0.25) is 0 Å². The van der Waals surface area contributed by atoms with Crippen LogP contribution in [0.4, 0.5) is 0 Å². The maximum absolute atomic E-state index is 10.9. The molecule has 6 nitrogen and oxygen atoms in total. The van der Waals surface area contributed by atoms with Crippen LogP contribution >= 0.6 is 0 Å². The van der Waals surface area contributed by atoms with Crippen LogP contribution in [-0.2, 0) is 7.05 Å². The molecule has 0 aliphatic rings. The van der Waals surface area contributed by atoms with Crippen LogP contribution in [0.3, 0.4) is 0 Å². The second-order valence-electron chi connectivity index (χ2n) is 2.93. The summed E-state index contributed by atoms with van der Waals surface area (Å²) in [5.74, 6) is -1.10. The quantitative estimate of drug-likeness (QED) is 0.773. The molecule has 0 radical (unpaired) electrons. The topological polar surface area (TPSA) is 80.9 Å². The number of hydrogen-bond donors (Lipinski definition) is 1. The van der Waals surface area contributed by atoms with Gasteiger partial charge in [-0.3, -0.25) is 4.98 Å². The van der Waals surface area contributed by atoms with Gasteiger partial charge < -0.3 is 5.11 Å². The Labute approximate surface area is 85.2 Å². The van der Waals surface area contributed by atoms with E-state index in [1.54, 1.807) is 31.6 Å². The van der Waals surface area contributed by atoms with Crippen LogP contribution in [0.25, 0.3) is 11.3 Å². The molecule has 0 amide bonds. The zero-order chi connectivity index (χ0) is 10.8. The molecule has 15 heavy (non-hydrogen) atoms. The second kappa shape index (κ2) is 3.49. The number of hydrogen-bond acceptors (Lipinski definition) is 4. The van der Waals surface area contributed by atoms with Gasteiger partial charge in [0.25, 0.3) is 0 Å². The Bertz CT molecular complexity index is 492. The maximum Gasteiger partial charge on any atom is 0.358 e. The molecule has 0 aromatic carbocycles. The predicted molar refractivity (Wildman–Crippen MR) is 51.2 cm³/mol. The molecule has 0 aliphatic carbocycles. The first-order valence-electron chi connectivity index (χ1n) is 4.23. The molecule has 0 aliphatic heterocycles. The molecule has 0 bridgehead atoms. The van der Waals surface area contributed by atoms with Crippen LogP contribution in [0.1, 0.15) is 10.5 Å². The summed E-state index contributed by atoms with van der Waals surface area (Å²) in [5.41, 5.74) is 0.909. The minimum absolute atomic E-state index is 0.0644. The van der Waals surface area contributed by atoms with E-state index in [9.17, 15) is 4.79 Å². The lowest BCUT2D eigenvalue weighted by molar-refractivity contribution is 0.0690. The van der Waals surface area contributed by atoms with E-state index >= 15 is 0 Å². The summed E-state index contributed by atoms with van der Waals surface area (Å²) in [6.45, 7) is 0. The van der Waals surface area contributed by atoms with Crippen LogP contribution < -0.4 is 0 Å². The molecule has 1 N–H and O–H groups in total. The summed E-state index contributed by atoms with van der Waals surface area (Å²) in [6, 6.07) is 3.46. The second-order valence-corrected chi connectivity index (χ2v) is 2.93. The van der Waals surface area contributed by atoms with E-state index < -0.39 is 5.97 Å². The highest BCUT2D eigenvalue weighted by atomic mass is 16.4. The Morgan fingerprint density at radius 3 is 2.87 bits per heavy atom. The highest BCUT2D eigenvalue weighted by Crippen LogP contribution is 2.18. The lowest BCUT2D eigenvalue weighted by Gasteiger charge is -1.94. The van der Waals surface area contributed by atoms with Crippen molar-refractivity contribution < 1.29 is 9.90 Å². The van der Waals surface area contributed by atoms with E-state index in [4.69, 9.17) is 5.11 Å². The van der Waals surface area contributed by atoms with Gasteiger partial charge in [0, 0.05) is 25.0 Å². The van der Waals surface area contributed by atoms with Crippen molar-refractivity contribution in [1.29, 1.82) is 0 Å². The zero-order valence-electron chi connectivity index (χ0n) is 7.95. The van der Waals surface area contributed by atoms with Gasteiger partial charge in [-0.25, -0.2) is 4.79 Å². The third kappa shape index (κ3) is 1.69. The van der Waals surface area contributed by atoms with E-state index in [1.807, 2.05) is 0 Å². The van der Waals surface area contributed by atoms with Crippen molar-refractivity contribution in [3.8, 4) is 11.3 Å². The molecule has 6 heteroatoms. The van der Waals surface area contributed by atoms with Gasteiger partial charge in [-0.1, -0.05) is 0 Å². The van der Waals surface area contributed by atoms with Gasteiger partial charge in [0.15, 0.2) is 5.69 Å². The van der Waals surface area contributed by atoms with Gasteiger partial charge in [0.2, 0.25) is 0 Å². The first-order valence-corrected chi connectivity index (χ1v) is 4.23. The van der Waals surface area contributed by atoms with Crippen molar-refractivity contribution in [2.75, 3.05) is 0 Å². The summed E-state index contributed by atoms with van der Waals surface area (Å²) in [6.07, 6.45) is 3.16. The van der Waals surface area contributed by atoms with E-state index in [2.05, 4.69) is 15.2 Å². The SMILES string of the molecule is Cn1nc(C(=O)O)c(-c2cccnc2)n1. The number of aromatic nitrogens is 4. The van der Waals surface area contributed by atoms with Gasteiger partial charge in [-0.05, 0) is 12.1 Å². The van der Waals surface area contributed by atoms with Gasteiger partial charge in [-0.2, -0.15) is 9.90 Å². The van der Waals surface area contributed by atoms with E-state index in [-0.39, 0.29) is 5.69 Å². The monoisotopic (exact) mass is 204 g/mol. The fourth-order valence-corrected chi connectivity index (χ4v) is 1.25. The van der Waals surface area contributed by atoms with Crippen molar-refractivity contribution in [2.45, 2.75) is 0 Å². The Balaban J connectivity index is 2.58. The number of nitrogens with zero attached hydrogens (tertiary/aromatic N) is 4. The van der Waals surface area contributed by atoms with Gasteiger partial charge in [0.1, 0.15) is 5.69 Å². The minimum atomic E-state index is -1.10. The van der Waals surface area contributed by atoms with E-state index in [1.165, 1.54) is 4.80 Å². The number of carboxylic acid groups (broad SMARTS) is 1. The molecule has 2 rings (SSSR count). The lowest BCUT2D eigenvalue weighted by Crippen LogP contribution is -2.00. The fourth-order valence-electron chi connectivity index (χ4n) is 1.25. The Kier molecular flexibility index (Phi) is 2.17. The third-order valence-electron chi connectivity index (χ3n) is 1.85. The molecule has 2 heterocycles. The number of aryl methyl sites for hydroxylation is 1. The molecule has 0 spiro atoms. The Morgan fingerprint density at radius 1 is 1.47 bits per heavy atom. The van der Waals surface area contributed by atoms with Crippen molar-refractivity contribution in [3.05, 3.63) is 30.2 Å². The number of pyridine rings is 1. The molecule has 76 valence electrons. The molecule has 0 atom stereocenters. The van der Waals surface area contributed by atoms with E-state index in [0.717, 1.165) is 0 Å². The first-order chi connectivity index (χ1) is 7.18. The van der Waals surface area contributed by atoms with Crippen molar-refractivity contribution in [3.63, 3.8) is 0 Å². The van der Waals surface area contributed by atoms with E-state index in [0.29, 0.717) is 11.3 Å². The summed E-state index contributed by atoms with van der Waals surface area (Å²) >= 11 is 0. The number of aromatic carboxylic acids is 1. The number of carbonyl (C=O) groups is 1. The summed E-state index contributed by atoms with van der Waals surface area (Å²) in [7, 11) is 1.58. The molecule has 2 aromatic heterocycles. The van der Waals surface area contributed by atoms with Crippen LogP contribution in [0.5, 0.6) is 0 Å². The van der Waals surface area contributed by atoms with Crippen molar-refractivity contribution in [2.24, 2.45) is 7.05 Å². The summed E-state index contributed by atoms with van der Waals surface area (Å²) < 4.78 is 0. The normalized spacial score (nSPS) is 10.2. The van der Waals surface area contributed by atoms with Crippen LogP contribution in [-0.4, -0.2) is 31.1 Å². The average molecular weight is 204 g/mol. The smallest absolute Gasteiger partial charge is 0.358 e. The fraction of sp³-hybridized carbons (Fsp3) is 0.111.